The van der Waals surface area contributed by atoms with Crippen molar-refractivity contribution in [3.63, 3.8) is 0 Å². The van der Waals surface area contributed by atoms with E-state index in [2.05, 4.69) is 49.6 Å². The monoisotopic (exact) mass is 512 g/mol. The van der Waals surface area contributed by atoms with Crippen LogP contribution in [0.2, 0.25) is 0 Å². The van der Waals surface area contributed by atoms with Crippen molar-refractivity contribution < 1.29 is 9.21 Å². The molecule has 1 amide bonds. The molecule has 5 heterocycles. The maximum absolute atomic E-state index is 12.4. The van der Waals surface area contributed by atoms with Crippen LogP contribution in [0.25, 0.3) is 17.0 Å². The third-order valence-corrected chi connectivity index (χ3v) is 7.41. The summed E-state index contributed by atoms with van der Waals surface area (Å²) in [6, 6.07) is 7.42. The molecule has 1 atom stereocenters. The number of carbonyl (C=O) groups is 1. The standard InChI is InChI=1S/C26H28N10O2/c1-26(2)14-35(21-6-5-17(11-27)31-32-21)8-7-20(26)30-23-18(24(28)37)12-29-36-13-16(10-19(23)36)25-34-33-22(38-25)9-15-3-4-15/h5-6,10,12-13,15,20,30H,3-4,7-9,14H2,1-2H3,(H2,28,37)/t20-/m1/s1. The van der Waals surface area contributed by atoms with Crippen LogP contribution in [-0.2, 0) is 6.42 Å². The van der Waals surface area contributed by atoms with Gasteiger partial charge in [-0.05, 0) is 43.4 Å². The van der Waals surface area contributed by atoms with Crippen molar-refractivity contribution in [3.8, 4) is 17.5 Å². The lowest BCUT2D eigenvalue weighted by Crippen LogP contribution is -2.52. The normalized spacial score (nSPS) is 18.9. The van der Waals surface area contributed by atoms with Gasteiger partial charge in [-0.1, -0.05) is 13.8 Å². The Morgan fingerprint density at radius 1 is 1.24 bits per heavy atom. The first kappa shape index (κ1) is 23.8. The largest absolute Gasteiger partial charge is 0.421 e. The lowest BCUT2D eigenvalue weighted by molar-refractivity contribution is 0.100. The molecule has 3 N–H and O–H groups in total. The number of rotatable bonds is 7. The van der Waals surface area contributed by atoms with Crippen LogP contribution < -0.4 is 16.0 Å². The van der Waals surface area contributed by atoms with Crippen LogP contribution in [0, 0.1) is 22.7 Å². The molecule has 0 aromatic carbocycles. The summed E-state index contributed by atoms with van der Waals surface area (Å²) < 4.78 is 7.61. The van der Waals surface area contributed by atoms with Gasteiger partial charge in [0.2, 0.25) is 11.8 Å². The van der Waals surface area contributed by atoms with Crippen molar-refractivity contribution in [2.24, 2.45) is 17.1 Å². The van der Waals surface area contributed by atoms with Crippen molar-refractivity contribution in [1.29, 1.82) is 5.26 Å². The molecule has 0 spiro atoms. The molecule has 2 fully saturated rings. The second-order valence-corrected chi connectivity index (χ2v) is 10.8. The quantitative estimate of drug-likeness (QED) is 0.376. The average Bonchev–Trinajstić information content (AvgIpc) is 3.40. The fraction of sp³-hybridized carbons (Fsp3) is 0.423. The van der Waals surface area contributed by atoms with E-state index in [1.165, 1.54) is 19.0 Å². The smallest absolute Gasteiger partial charge is 0.252 e. The molecule has 4 aromatic heterocycles. The Morgan fingerprint density at radius 2 is 2.08 bits per heavy atom. The number of piperidine rings is 1. The van der Waals surface area contributed by atoms with Crippen LogP contribution in [0.15, 0.2) is 35.0 Å². The Balaban J connectivity index is 1.28. The molecule has 12 nitrogen and oxygen atoms in total. The Kier molecular flexibility index (Phi) is 5.71. The van der Waals surface area contributed by atoms with Crippen molar-refractivity contribution >= 4 is 22.9 Å². The molecule has 4 aromatic rings. The maximum atomic E-state index is 12.4. The molecular weight excluding hydrogens is 484 g/mol. The van der Waals surface area contributed by atoms with Gasteiger partial charge in [0.15, 0.2) is 11.5 Å². The molecule has 194 valence electrons. The predicted octanol–water partition coefficient (Wildman–Crippen LogP) is 2.81. The van der Waals surface area contributed by atoms with Crippen LogP contribution >= 0.6 is 0 Å². The summed E-state index contributed by atoms with van der Waals surface area (Å²) in [6.45, 7) is 5.77. The number of nitrogens with zero attached hydrogens (tertiary/aromatic N) is 8. The zero-order valence-electron chi connectivity index (χ0n) is 21.3. The topological polar surface area (TPSA) is 164 Å². The molecule has 6 rings (SSSR count). The number of aromatic nitrogens is 6. The van der Waals surface area contributed by atoms with Gasteiger partial charge in [-0.2, -0.15) is 10.4 Å². The Bertz CT molecular complexity index is 1540. The summed E-state index contributed by atoms with van der Waals surface area (Å²) in [5, 5.41) is 33.7. The van der Waals surface area contributed by atoms with E-state index in [0.29, 0.717) is 41.0 Å². The molecule has 38 heavy (non-hydrogen) atoms. The minimum atomic E-state index is -0.558. The fourth-order valence-electron chi connectivity index (χ4n) is 5.08. The number of carbonyl (C=O) groups excluding carboxylic acids is 1. The molecular formula is C26H28N10O2. The van der Waals surface area contributed by atoms with E-state index in [1.54, 1.807) is 10.6 Å². The first-order valence-electron chi connectivity index (χ1n) is 12.7. The Labute approximate surface area is 218 Å². The van der Waals surface area contributed by atoms with Crippen molar-refractivity contribution in [1.82, 2.24) is 30.0 Å². The van der Waals surface area contributed by atoms with E-state index in [-0.39, 0.29) is 17.2 Å². The summed E-state index contributed by atoms with van der Waals surface area (Å²) >= 11 is 0. The highest BCUT2D eigenvalue weighted by Crippen LogP contribution is 2.37. The molecule has 0 bridgehead atoms. The highest BCUT2D eigenvalue weighted by Gasteiger charge is 2.37. The van der Waals surface area contributed by atoms with Gasteiger partial charge < -0.3 is 20.4 Å². The van der Waals surface area contributed by atoms with E-state index >= 15 is 0 Å². The van der Waals surface area contributed by atoms with Gasteiger partial charge in [-0.25, -0.2) is 4.52 Å². The van der Waals surface area contributed by atoms with Gasteiger partial charge in [-0.3, -0.25) is 4.79 Å². The summed E-state index contributed by atoms with van der Waals surface area (Å²) in [5.41, 5.74) is 8.21. The van der Waals surface area contributed by atoms with Gasteiger partial charge in [0.1, 0.15) is 6.07 Å². The van der Waals surface area contributed by atoms with Crippen LogP contribution in [0.4, 0.5) is 11.5 Å². The summed E-state index contributed by atoms with van der Waals surface area (Å²) in [4.78, 5) is 14.6. The third kappa shape index (κ3) is 4.51. The summed E-state index contributed by atoms with van der Waals surface area (Å²) in [6.07, 6.45) is 7.30. The second-order valence-electron chi connectivity index (χ2n) is 10.8. The van der Waals surface area contributed by atoms with E-state index in [4.69, 9.17) is 15.4 Å². The molecule has 1 saturated heterocycles. The van der Waals surface area contributed by atoms with Gasteiger partial charge in [-0.15, -0.1) is 20.4 Å². The maximum Gasteiger partial charge on any atom is 0.252 e. The number of hydrogen-bond acceptors (Lipinski definition) is 10. The molecule has 12 heteroatoms. The number of fused-ring (bicyclic) bond motifs is 1. The third-order valence-electron chi connectivity index (χ3n) is 7.41. The predicted molar refractivity (Wildman–Crippen MR) is 138 cm³/mol. The lowest BCUT2D eigenvalue weighted by Gasteiger charge is -2.45. The molecule has 0 radical (unpaired) electrons. The minimum absolute atomic E-state index is 0.0290. The molecule has 1 saturated carbocycles. The summed E-state index contributed by atoms with van der Waals surface area (Å²) in [5.74, 6) is 1.89. The number of nitrogens with two attached hydrogens (primary N) is 1. The zero-order chi connectivity index (χ0) is 26.4. The lowest BCUT2D eigenvalue weighted by atomic mass is 9.78. The van der Waals surface area contributed by atoms with E-state index in [9.17, 15) is 4.79 Å². The first-order valence-corrected chi connectivity index (χ1v) is 12.7. The average molecular weight is 513 g/mol. The van der Waals surface area contributed by atoms with E-state index in [1.807, 2.05) is 24.4 Å². The number of amides is 1. The van der Waals surface area contributed by atoms with Crippen LogP contribution in [-0.4, -0.2) is 55.0 Å². The van der Waals surface area contributed by atoms with Gasteiger partial charge >= 0.3 is 0 Å². The molecule has 0 unspecified atom stereocenters. The van der Waals surface area contributed by atoms with Crippen molar-refractivity contribution in [2.45, 2.75) is 45.6 Å². The van der Waals surface area contributed by atoms with E-state index in [0.717, 1.165) is 30.8 Å². The van der Waals surface area contributed by atoms with Gasteiger partial charge in [0, 0.05) is 37.2 Å². The van der Waals surface area contributed by atoms with Gasteiger partial charge in [0.05, 0.1) is 28.5 Å². The van der Waals surface area contributed by atoms with Crippen molar-refractivity contribution in [2.75, 3.05) is 23.3 Å². The van der Waals surface area contributed by atoms with Gasteiger partial charge in [0.25, 0.3) is 5.91 Å². The van der Waals surface area contributed by atoms with Crippen LogP contribution in [0.3, 0.4) is 0 Å². The van der Waals surface area contributed by atoms with E-state index < -0.39 is 5.91 Å². The Hall–Kier alpha value is -4.53. The number of hydrogen-bond donors (Lipinski definition) is 2. The first-order chi connectivity index (χ1) is 18.3. The number of anilines is 2. The summed E-state index contributed by atoms with van der Waals surface area (Å²) in [7, 11) is 0. The number of nitriles is 1. The van der Waals surface area contributed by atoms with Crippen molar-refractivity contribution in [3.05, 3.63) is 47.7 Å². The SMILES string of the molecule is CC1(C)CN(c2ccc(C#N)nn2)CC[C@H]1Nc1c(C(N)=O)cnn2cc(-c3nnc(CC4CC4)o3)cc12. The molecule has 1 aliphatic heterocycles. The molecule has 1 aliphatic carbocycles. The zero-order valence-corrected chi connectivity index (χ0v) is 21.3. The highest BCUT2D eigenvalue weighted by molar-refractivity contribution is 6.02. The highest BCUT2D eigenvalue weighted by atomic mass is 16.4. The number of nitrogens with one attached hydrogen (secondary N) is 1. The Morgan fingerprint density at radius 3 is 2.76 bits per heavy atom. The van der Waals surface area contributed by atoms with Crippen LogP contribution in [0.1, 0.15) is 55.1 Å². The second kappa shape index (κ2) is 9.09. The number of primary amides is 1. The fourth-order valence-corrected chi connectivity index (χ4v) is 5.08. The molecule has 2 aliphatic rings. The minimum Gasteiger partial charge on any atom is -0.421 e. The van der Waals surface area contributed by atoms with Crippen LogP contribution in [0.5, 0.6) is 0 Å².